The lowest BCUT2D eigenvalue weighted by Crippen LogP contribution is -2.28. The van der Waals surface area contributed by atoms with Crippen molar-refractivity contribution in [2.75, 3.05) is 13.4 Å². The summed E-state index contributed by atoms with van der Waals surface area (Å²) in [4.78, 5) is 0. The summed E-state index contributed by atoms with van der Waals surface area (Å²) in [5.41, 5.74) is 0.0249. The van der Waals surface area contributed by atoms with Crippen LogP contribution in [0.15, 0.2) is 28.7 Å². The lowest BCUT2D eigenvalue weighted by Gasteiger charge is -2.27. The fourth-order valence-electron chi connectivity index (χ4n) is 1.61. The minimum atomic E-state index is -3.34. The zero-order valence-electron chi connectivity index (χ0n) is 9.80. The Morgan fingerprint density at radius 3 is 2.31 bits per heavy atom. The van der Waals surface area contributed by atoms with Gasteiger partial charge in [0.05, 0.1) is 12.0 Å². The Labute approximate surface area is 96.8 Å². The molecule has 0 radical (unpaired) electrons. The topological polar surface area (TPSA) is 55.7 Å². The Balaban J connectivity index is 2.91. The standard InChI is InChI=1S/C11H17NO3S/c1-4-7-11(15-2)8-5-10(6-9-11)12-16(3,13)14/h5-6,8-9H,4,7H2,1-3H3. The van der Waals surface area contributed by atoms with Gasteiger partial charge in [-0.3, -0.25) is 0 Å². The van der Waals surface area contributed by atoms with E-state index in [1.165, 1.54) is 0 Å². The molecule has 1 rings (SSSR count). The van der Waals surface area contributed by atoms with E-state index in [9.17, 15) is 8.42 Å². The molecule has 0 saturated heterocycles. The van der Waals surface area contributed by atoms with Crippen molar-refractivity contribution >= 4 is 15.7 Å². The molecule has 0 spiro atoms. The van der Waals surface area contributed by atoms with E-state index in [1.807, 2.05) is 12.2 Å². The smallest absolute Gasteiger partial charge is 0.250 e. The second kappa shape index (κ2) is 4.93. The Morgan fingerprint density at radius 1 is 1.38 bits per heavy atom. The monoisotopic (exact) mass is 243 g/mol. The zero-order valence-corrected chi connectivity index (χ0v) is 10.6. The number of ether oxygens (including phenoxy) is 1. The summed E-state index contributed by atoms with van der Waals surface area (Å²) >= 11 is 0. The van der Waals surface area contributed by atoms with Crippen molar-refractivity contribution < 1.29 is 13.2 Å². The molecule has 1 aliphatic rings. The highest BCUT2D eigenvalue weighted by Crippen LogP contribution is 2.24. The first-order valence-electron chi connectivity index (χ1n) is 5.14. The third kappa shape index (κ3) is 3.57. The molecule has 5 heteroatoms. The Hall–Kier alpha value is -0.940. The van der Waals surface area contributed by atoms with Crippen molar-refractivity contribution in [3.8, 4) is 0 Å². The van der Waals surface area contributed by atoms with E-state index < -0.39 is 15.6 Å². The van der Waals surface area contributed by atoms with Gasteiger partial charge in [0.15, 0.2) is 0 Å². The van der Waals surface area contributed by atoms with E-state index in [0.29, 0.717) is 5.71 Å². The molecule has 0 saturated carbocycles. The molecule has 0 aromatic carbocycles. The van der Waals surface area contributed by atoms with Gasteiger partial charge in [0.25, 0.3) is 10.0 Å². The summed E-state index contributed by atoms with van der Waals surface area (Å²) in [6.45, 7) is 2.07. The van der Waals surface area contributed by atoms with Gasteiger partial charge in [-0.15, -0.1) is 0 Å². The molecule has 0 heterocycles. The van der Waals surface area contributed by atoms with Gasteiger partial charge >= 0.3 is 0 Å². The summed E-state index contributed by atoms with van der Waals surface area (Å²) < 4.78 is 30.9. The number of sulfonamides is 1. The van der Waals surface area contributed by atoms with E-state index in [-0.39, 0.29) is 0 Å². The van der Waals surface area contributed by atoms with Crippen LogP contribution in [0.1, 0.15) is 19.8 Å². The first-order valence-corrected chi connectivity index (χ1v) is 6.99. The maximum Gasteiger partial charge on any atom is 0.250 e. The minimum absolute atomic E-state index is 0.411. The molecule has 0 amide bonds. The van der Waals surface area contributed by atoms with Gasteiger partial charge in [0.1, 0.15) is 5.60 Å². The highest BCUT2D eigenvalue weighted by atomic mass is 32.2. The fourth-order valence-corrected chi connectivity index (χ4v) is 2.12. The second-order valence-electron chi connectivity index (χ2n) is 3.82. The SMILES string of the molecule is CCCC1(OC)C=CC(=NS(C)(=O)=O)C=C1. The molecule has 1 aliphatic carbocycles. The summed E-state index contributed by atoms with van der Waals surface area (Å²) in [6, 6.07) is 0. The first kappa shape index (κ1) is 13.1. The van der Waals surface area contributed by atoms with Gasteiger partial charge < -0.3 is 4.74 Å². The molecule has 0 atom stereocenters. The Bertz CT molecular complexity index is 416. The Morgan fingerprint density at radius 2 is 1.94 bits per heavy atom. The molecule has 0 N–H and O–H groups in total. The van der Waals surface area contributed by atoms with Crippen LogP contribution in [0, 0.1) is 0 Å². The number of allylic oxidation sites excluding steroid dienone is 2. The number of hydrogen-bond acceptors (Lipinski definition) is 3. The lowest BCUT2D eigenvalue weighted by atomic mass is 9.92. The van der Waals surface area contributed by atoms with Crippen LogP contribution in [0.3, 0.4) is 0 Å². The first-order chi connectivity index (χ1) is 7.41. The van der Waals surface area contributed by atoms with Gasteiger partial charge in [-0.1, -0.05) is 13.3 Å². The van der Waals surface area contributed by atoms with Gasteiger partial charge in [-0.2, -0.15) is 4.40 Å². The average molecular weight is 243 g/mol. The van der Waals surface area contributed by atoms with Crippen LogP contribution in [0.4, 0.5) is 0 Å². The largest absolute Gasteiger partial charge is 0.370 e. The number of hydrogen-bond donors (Lipinski definition) is 0. The van der Waals surface area contributed by atoms with Crippen molar-refractivity contribution in [1.29, 1.82) is 0 Å². The van der Waals surface area contributed by atoms with Crippen LogP contribution in [0.2, 0.25) is 0 Å². The van der Waals surface area contributed by atoms with Gasteiger partial charge in [-0.25, -0.2) is 8.42 Å². The van der Waals surface area contributed by atoms with Crippen molar-refractivity contribution in [2.24, 2.45) is 4.40 Å². The molecule has 0 aliphatic heterocycles. The number of rotatable bonds is 4. The van der Waals surface area contributed by atoms with Crippen LogP contribution in [-0.2, 0) is 14.8 Å². The van der Waals surface area contributed by atoms with E-state index in [4.69, 9.17) is 4.74 Å². The number of nitrogens with zero attached hydrogens (tertiary/aromatic N) is 1. The van der Waals surface area contributed by atoms with Crippen molar-refractivity contribution in [1.82, 2.24) is 0 Å². The van der Waals surface area contributed by atoms with Crippen molar-refractivity contribution in [2.45, 2.75) is 25.4 Å². The highest BCUT2D eigenvalue weighted by molar-refractivity contribution is 7.89. The Kier molecular flexibility index (Phi) is 4.04. The predicted molar refractivity (Wildman–Crippen MR) is 65.2 cm³/mol. The zero-order chi connectivity index (χ0) is 12.2. The summed E-state index contributed by atoms with van der Waals surface area (Å²) in [7, 11) is -1.69. The van der Waals surface area contributed by atoms with Gasteiger partial charge in [0.2, 0.25) is 0 Å². The third-order valence-corrected chi connectivity index (χ3v) is 2.91. The van der Waals surface area contributed by atoms with Crippen LogP contribution < -0.4 is 0 Å². The molecule has 4 nitrogen and oxygen atoms in total. The summed E-state index contributed by atoms with van der Waals surface area (Å²) in [5, 5.41) is 0. The molecular formula is C11H17NO3S. The minimum Gasteiger partial charge on any atom is -0.370 e. The molecule has 0 bridgehead atoms. The lowest BCUT2D eigenvalue weighted by molar-refractivity contribution is 0.0658. The van der Waals surface area contributed by atoms with Crippen LogP contribution in [-0.4, -0.2) is 33.1 Å². The maximum atomic E-state index is 11.0. The predicted octanol–water partition coefficient (Wildman–Crippen LogP) is 1.70. The summed E-state index contributed by atoms with van der Waals surface area (Å²) in [6.07, 6.45) is 9.98. The quantitative estimate of drug-likeness (QED) is 0.755. The van der Waals surface area contributed by atoms with Crippen molar-refractivity contribution in [3.05, 3.63) is 24.3 Å². The third-order valence-electron chi connectivity index (χ3n) is 2.36. The van der Waals surface area contributed by atoms with Gasteiger partial charge in [0, 0.05) is 7.11 Å². The van der Waals surface area contributed by atoms with Crippen LogP contribution in [0.5, 0.6) is 0 Å². The van der Waals surface area contributed by atoms with Crippen LogP contribution >= 0.6 is 0 Å². The normalized spacial score (nSPS) is 24.8. The molecule has 90 valence electrons. The molecule has 0 fully saturated rings. The maximum absolute atomic E-state index is 11.0. The average Bonchev–Trinajstić information content (AvgIpc) is 2.20. The molecule has 0 aromatic rings. The number of methoxy groups -OCH3 is 1. The van der Waals surface area contributed by atoms with E-state index in [1.54, 1.807) is 19.3 Å². The second-order valence-corrected chi connectivity index (χ2v) is 5.47. The van der Waals surface area contributed by atoms with E-state index >= 15 is 0 Å². The van der Waals surface area contributed by atoms with E-state index in [0.717, 1.165) is 19.1 Å². The van der Waals surface area contributed by atoms with E-state index in [2.05, 4.69) is 11.3 Å². The van der Waals surface area contributed by atoms with Crippen LogP contribution in [0.25, 0.3) is 0 Å². The fraction of sp³-hybridized carbons (Fsp3) is 0.545. The van der Waals surface area contributed by atoms with Gasteiger partial charge in [-0.05, 0) is 30.7 Å². The highest BCUT2D eigenvalue weighted by Gasteiger charge is 2.24. The molecular weight excluding hydrogens is 226 g/mol. The summed E-state index contributed by atoms with van der Waals surface area (Å²) in [5.74, 6) is 0. The molecule has 16 heavy (non-hydrogen) atoms. The van der Waals surface area contributed by atoms with Crippen molar-refractivity contribution in [3.63, 3.8) is 0 Å². The molecule has 0 unspecified atom stereocenters. The molecule has 0 aromatic heterocycles.